The Hall–Kier alpha value is -1.78. The molecule has 5 heteroatoms. The van der Waals surface area contributed by atoms with E-state index in [4.69, 9.17) is 22.1 Å². The molecule has 100 valence electrons. The molecule has 0 unspecified atom stereocenters. The van der Waals surface area contributed by atoms with Crippen molar-refractivity contribution < 1.29 is 4.74 Å². The van der Waals surface area contributed by atoms with Crippen LogP contribution in [0.15, 0.2) is 53.0 Å². The number of pyridine rings is 1. The number of ether oxygens (including phenoxy) is 1. The van der Waals surface area contributed by atoms with Crippen LogP contribution in [0.4, 0.5) is 5.69 Å². The number of nitrogens with two attached hydrogens (primary N) is 1. The Balaban J connectivity index is 2.07. The average Bonchev–Trinajstić information content (AvgIpc) is 2.46. The Morgan fingerprint density at radius 1 is 1.05 bits per heavy atom. The Bertz CT molecular complexity index is 792. The fraction of sp³-hybridized carbons (Fsp3) is 0. The maximum absolute atomic E-state index is 5.86. The van der Waals surface area contributed by atoms with Crippen LogP contribution in [-0.4, -0.2) is 4.98 Å². The van der Waals surface area contributed by atoms with Gasteiger partial charge in [-0.2, -0.15) is 4.98 Å². The summed E-state index contributed by atoms with van der Waals surface area (Å²) >= 11 is 9.42. The molecule has 0 atom stereocenters. The number of fused-ring (bicyclic) bond motifs is 1. The molecule has 0 radical (unpaired) electrons. The summed E-state index contributed by atoms with van der Waals surface area (Å²) in [7, 11) is 0. The smallest absolute Gasteiger partial charge is 0.244 e. The van der Waals surface area contributed by atoms with Crippen LogP contribution in [0.25, 0.3) is 10.8 Å². The van der Waals surface area contributed by atoms with Crippen molar-refractivity contribution in [2.75, 3.05) is 5.73 Å². The van der Waals surface area contributed by atoms with Gasteiger partial charge in [-0.25, -0.2) is 0 Å². The second kappa shape index (κ2) is 5.31. The van der Waals surface area contributed by atoms with Crippen LogP contribution < -0.4 is 10.5 Å². The average molecular weight is 350 g/mol. The molecule has 0 spiro atoms. The van der Waals surface area contributed by atoms with E-state index in [-0.39, 0.29) is 0 Å². The molecule has 0 bridgehead atoms. The molecule has 0 aliphatic carbocycles. The lowest BCUT2D eigenvalue weighted by molar-refractivity contribution is 0.464. The minimum atomic E-state index is 0.300. The lowest BCUT2D eigenvalue weighted by atomic mass is 10.1. The van der Waals surface area contributed by atoms with Crippen LogP contribution in [0.1, 0.15) is 0 Å². The molecule has 0 saturated heterocycles. The monoisotopic (exact) mass is 348 g/mol. The van der Waals surface area contributed by atoms with Gasteiger partial charge in [0.15, 0.2) is 0 Å². The zero-order valence-electron chi connectivity index (χ0n) is 10.3. The standard InChI is InChI=1S/C15H10BrClN2O/c16-14-10-4-2-1-3-9(10)5-7-12(14)20-15-11(18)6-8-13(17)19-15/h1-8H,18H2. The molecular weight excluding hydrogens is 340 g/mol. The highest BCUT2D eigenvalue weighted by molar-refractivity contribution is 9.10. The summed E-state index contributed by atoms with van der Waals surface area (Å²) in [6, 6.07) is 15.2. The second-order valence-corrected chi connectivity index (χ2v) is 5.41. The molecule has 0 aliphatic heterocycles. The summed E-state index contributed by atoms with van der Waals surface area (Å²) in [6.07, 6.45) is 0. The number of benzene rings is 2. The SMILES string of the molecule is Nc1ccc(Cl)nc1Oc1ccc2ccccc2c1Br. The van der Waals surface area contributed by atoms with Gasteiger partial charge < -0.3 is 10.5 Å². The third-order valence-electron chi connectivity index (χ3n) is 2.89. The largest absolute Gasteiger partial charge is 0.436 e. The van der Waals surface area contributed by atoms with Gasteiger partial charge in [-0.1, -0.05) is 41.9 Å². The van der Waals surface area contributed by atoms with E-state index in [1.807, 2.05) is 36.4 Å². The first kappa shape index (κ1) is 13.2. The maximum atomic E-state index is 5.86. The van der Waals surface area contributed by atoms with Crippen LogP contribution in [0.2, 0.25) is 5.15 Å². The summed E-state index contributed by atoms with van der Waals surface area (Å²) in [4.78, 5) is 4.09. The van der Waals surface area contributed by atoms with E-state index in [0.29, 0.717) is 22.5 Å². The highest BCUT2D eigenvalue weighted by atomic mass is 79.9. The van der Waals surface area contributed by atoms with Gasteiger partial charge in [-0.3, -0.25) is 0 Å². The van der Waals surface area contributed by atoms with E-state index in [1.165, 1.54) is 0 Å². The number of anilines is 1. The molecular formula is C15H10BrClN2O. The van der Waals surface area contributed by atoms with Crippen molar-refractivity contribution in [1.29, 1.82) is 0 Å². The van der Waals surface area contributed by atoms with Crippen molar-refractivity contribution in [3.05, 3.63) is 58.2 Å². The molecule has 0 aliphatic rings. The first-order chi connectivity index (χ1) is 9.65. The van der Waals surface area contributed by atoms with E-state index in [0.717, 1.165) is 15.2 Å². The predicted molar refractivity (Wildman–Crippen MR) is 85.4 cm³/mol. The Morgan fingerprint density at radius 3 is 2.70 bits per heavy atom. The molecule has 2 aromatic carbocycles. The molecule has 3 nitrogen and oxygen atoms in total. The topological polar surface area (TPSA) is 48.1 Å². The Morgan fingerprint density at radius 2 is 1.85 bits per heavy atom. The molecule has 3 aromatic rings. The molecule has 2 N–H and O–H groups in total. The number of rotatable bonds is 2. The number of hydrogen-bond donors (Lipinski definition) is 1. The van der Waals surface area contributed by atoms with E-state index < -0.39 is 0 Å². The quantitative estimate of drug-likeness (QED) is 0.660. The van der Waals surface area contributed by atoms with Crippen LogP contribution in [-0.2, 0) is 0 Å². The van der Waals surface area contributed by atoms with Crippen molar-refractivity contribution in [3.63, 3.8) is 0 Å². The van der Waals surface area contributed by atoms with E-state index in [2.05, 4.69) is 20.9 Å². The minimum Gasteiger partial charge on any atom is -0.436 e. The molecule has 0 saturated carbocycles. The van der Waals surface area contributed by atoms with Crippen molar-refractivity contribution >= 4 is 44.0 Å². The summed E-state index contributed by atoms with van der Waals surface area (Å²) < 4.78 is 6.62. The second-order valence-electron chi connectivity index (χ2n) is 4.23. The molecule has 1 aromatic heterocycles. The molecule has 20 heavy (non-hydrogen) atoms. The molecule has 0 amide bonds. The van der Waals surface area contributed by atoms with Gasteiger partial charge >= 0.3 is 0 Å². The molecule has 1 heterocycles. The fourth-order valence-electron chi connectivity index (χ4n) is 1.91. The number of nitrogen functional groups attached to an aromatic ring is 1. The maximum Gasteiger partial charge on any atom is 0.244 e. The highest BCUT2D eigenvalue weighted by Gasteiger charge is 2.10. The van der Waals surface area contributed by atoms with Gasteiger partial charge in [0.1, 0.15) is 10.9 Å². The lowest BCUT2D eigenvalue weighted by Gasteiger charge is -2.11. The Labute approximate surface area is 129 Å². The lowest BCUT2D eigenvalue weighted by Crippen LogP contribution is -1.95. The number of halogens is 2. The first-order valence-electron chi connectivity index (χ1n) is 5.92. The van der Waals surface area contributed by atoms with Gasteiger partial charge in [0.2, 0.25) is 5.88 Å². The zero-order valence-corrected chi connectivity index (χ0v) is 12.6. The van der Waals surface area contributed by atoms with Crippen molar-refractivity contribution in [1.82, 2.24) is 4.98 Å². The summed E-state index contributed by atoms with van der Waals surface area (Å²) in [5.74, 6) is 0.943. The number of nitrogens with zero attached hydrogens (tertiary/aromatic N) is 1. The third kappa shape index (κ3) is 2.44. The Kier molecular flexibility index (Phi) is 3.51. The zero-order chi connectivity index (χ0) is 14.1. The normalized spacial score (nSPS) is 10.7. The van der Waals surface area contributed by atoms with Gasteiger partial charge in [-0.05, 0) is 44.9 Å². The first-order valence-corrected chi connectivity index (χ1v) is 7.09. The summed E-state index contributed by atoms with van der Waals surface area (Å²) in [5.41, 5.74) is 6.28. The van der Waals surface area contributed by atoms with Crippen LogP contribution >= 0.6 is 27.5 Å². The summed E-state index contributed by atoms with van der Waals surface area (Å²) in [5, 5.41) is 2.52. The van der Waals surface area contributed by atoms with Gasteiger partial charge in [-0.15, -0.1) is 0 Å². The van der Waals surface area contributed by atoms with Crippen molar-refractivity contribution in [2.45, 2.75) is 0 Å². The predicted octanol–water partition coefficient (Wildman–Crippen LogP) is 5.03. The van der Waals surface area contributed by atoms with Gasteiger partial charge in [0.05, 0.1) is 10.2 Å². The van der Waals surface area contributed by atoms with E-state index in [1.54, 1.807) is 12.1 Å². The molecule has 0 fully saturated rings. The van der Waals surface area contributed by atoms with Crippen LogP contribution in [0.5, 0.6) is 11.6 Å². The minimum absolute atomic E-state index is 0.300. The highest BCUT2D eigenvalue weighted by Crippen LogP contribution is 2.36. The van der Waals surface area contributed by atoms with Crippen molar-refractivity contribution in [3.8, 4) is 11.6 Å². The summed E-state index contributed by atoms with van der Waals surface area (Å²) in [6.45, 7) is 0. The fourth-order valence-corrected chi connectivity index (χ4v) is 2.62. The van der Waals surface area contributed by atoms with E-state index >= 15 is 0 Å². The van der Waals surface area contributed by atoms with Gasteiger partial charge in [0, 0.05) is 0 Å². The van der Waals surface area contributed by atoms with Gasteiger partial charge in [0.25, 0.3) is 0 Å². The third-order valence-corrected chi connectivity index (χ3v) is 3.92. The van der Waals surface area contributed by atoms with E-state index in [9.17, 15) is 0 Å². The molecule has 3 rings (SSSR count). The number of hydrogen-bond acceptors (Lipinski definition) is 3. The van der Waals surface area contributed by atoms with Crippen molar-refractivity contribution in [2.24, 2.45) is 0 Å². The van der Waals surface area contributed by atoms with Crippen LogP contribution in [0, 0.1) is 0 Å². The number of aromatic nitrogens is 1. The van der Waals surface area contributed by atoms with Crippen LogP contribution in [0.3, 0.4) is 0 Å².